The fraction of sp³-hybridized carbons (Fsp3) is 0.579. The summed E-state index contributed by atoms with van der Waals surface area (Å²) >= 11 is 0. The van der Waals surface area contributed by atoms with Crippen molar-refractivity contribution in [3.8, 4) is 5.75 Å². The topological polar surface area (TPSA) is 67.9 Å². The van der Waals surface area contributed by atoms with Gasteiger partial charge in [0.05, 0.1) is 12.1 Å². The Balaban J connectivity index is 1.52. The summed E-state index contributed by atoms with van der Waals surface area (Å²) in [6.45, 7) is 5.57. The van der Waals surface area contributed by atoms with E-state index in [-0.39, 0.29) is 36.7 Å². The van der Waals surface area contributed by atoms with Gasteiger partial charge in [-0.2, -0.15) is 0 Å². The first-order valence-corrected chi connectivity index (χ1v) is 8.82. The number of ether oxygens (including phenoxy) is 2. The second kappa shape index (κ2) is 6.94. The third kappa shape index (κ3) is 4.24. The van der Waals surface area contributed by atoms with Crippen LogP contribution in [-0.4, -0.2) is 47.2 Å². The van der Waals surface area contributed by atoms with E-state index in [1.54, 1.807) is 0 Å². The molecule has 0 saturated carbocycles. The molecule has 2 amide bonds. The van der Waals surface area contributed by atoms with Gasteiger partial charge in [-0.05, 0) is 52.2 Å². The van der Waals surface area contributed by atoms with Crippen LogP contribution in [0.2, 0.25) is 0 Å². The van der Waals surface area contributed by atoms with Crippen LogP contribution in [0, 0.1) is 0 Å². The average Bonchev–Trinajstić information content (AvgIpc) is 3.10. The smallest absolute Gasteiger partial charge is 0.410 e. The first-order valence-electron chi connectivity index (χ1n) is 8.82. The van der Waals surface area contributed by atoms with E-state index >= 15 is 0 Å². The number of nitrogens with one attached hydrogen (secondary N) is 1. The Morgan fingerprint density at radius 2 is 1.92 bits per heavy atom. The highest BCUT2D eigenvalue weighted by molar-refractivity contribution is 5.78. The third-order valence-corrected chi connectivity index (χ3v) is 4.60. The number of benzene rings is 1. The molecule has 0 spiro atoms. The minimum Gasteiger partial charge on any atom is -0.484 e. The van der Waals surface area contributed by atoms with Crippen LogP contribution in [0.25, 0.3) is 0 Å². The Morgan fingerprint density at radius 3 is 2.60 bits per heavy atom. The highest BCUT2D eigenvalue weighted by Gasteiger charge is 2.50. The number of rotatable bonds is 4. The molecule has 1 aromatic rings. The fourth-order valence-corrected chi connectivity index (χ4v) is 3.66. The van der Waals surface area contributed by atoms with Gasteiger partial charge in [0.1, 0.15) is 11.4 Å². The number of carbonyl (C=O) groups excluding carboxylic acids is 2. The fourth-order valence-electron chi connectivity index (χ4n) is 3.66. The molecule has 0 unspecified atom stereocenters. The van der Waals surface area contributed by atoms with Crippen molar-refractivity contribution < 1.29 is 19.1 Å². The van der Waals surface area contributed by atoms with E-state index < -0.39 is 5.60 Å². The van der Waals surface area contributed by atoms with Crippen molar-refractivity contribution in [2.75, 3.05) is 6.61 Å². The number of hydrogen-bond acceptors (Lipinski definition) is 4. The molecule has 1 aromatic carbocycles. The summed E-state index contributed by atoms with van der Waals surface area (Å²) in [5.74, 6) is 0.506. The van der Waals surface area contributed by atoms with Gasteiger partial charge in [0, 0.05) is 6.04 Å². The summed E-state index contributed by atoms with van der Waals surface area (Å²) in [4.78, 5) is 26.4. The quantitative estimate of drug-likeness (QED) is 0.910. The molecular weight excluding hydrogens is 320 g/mol. The second-order valence-electron chi connectivity index (χ2n) is 7.70. The lowest BCUT2D eigenvalue weighted by atomic mass is 9.95. The lowest BCUT2D eigenvalue weighted by Crippen LogP contribution is -2.47. The van der Waals surface area contributed by atoms with E-state index in [1.807, 2.05) is 56.0 Å². The lowest BCUT2D eigenvalue weighted by Gasteiger charge is -2.28. The maximum absolute atomic E-state index is 12.4. The molecule has 2 aliphatic heterocycles. The number of amides is 2. The van der Waals surface area contributed by atoms with Crippen molar-refractivity contribution in [2.45, 2.75) is 63.8 Å². The molecule has 2 bridgehead atoms. The monoisotopic (exact) mass is 346 g/mol. The van der Waals surface area contributed by atoms with Gasteiger partial charge in [-0.25, -0.2) is 4.79 Å². The predicted molar refractivity (Wildman–Crippen MR) is 93.4 cm³/mol. The largest absolute Gasteiger partial charge is 0.484 e. The molecule has 136 valence electrons. The number of fused-ring (bicyclic) bond motifs is 2. The van der Waals surface area contributed by atoms with Gasteiger partial charge >= 0.3 is 6.09 Å². The average molecular weight is 346 g/mol. The summed E-state index contributed by atoms with van der Waals surface area (Å²) < 4.78 is 11.0. The van der Waals surface area contributed by atoms with Gasteiger partial charge in [0.25, 0.3) is 5.91 Å². The van der Waals surface area contributed by atoms with E-state index in [0.29, 0.717) is 5.75 Å². The highest BCUT2D eigenvalue weighted by Crippen LogP contribution is 2.38. The van der Waals surface area contributed by atoms with Crippen LogP contribution < -0.4 is 10.1 Å². The maximum Gasteiger partial charge on any atom is 0.410 e. The van der Waals surface area contributed by atoms with Crippen molar-refractivity contribution in [2.24, 2.45) is 0 Å². The van der Waals surface area contributed by atoms with Gasteiger partial charge in [-0.1, -0.05) is 18.2 Å². The van der Waals surface area contributed by atoms with E-state index in [1.165, 1.54) is 0 Å². The number of nitrogens with zero attached hydrogens (tertiary/aromatic N) is 1. The summed E-state index contributed by atoms with van der Waals surface area (Å²) in [7, 11) is 0. The van der Waals surface area contributed by atoms with E-state index in [2.05, 4.69) is 5.32 Å². The normalized spacial score (nSPS) is 24.9. The van der Waals surface area contributed by atoms with Gasteiger partial charge in [0.15, 0.2) is 6.61 Å². The lowest BCUT2D eigenvalue weighted by molar-refractivity contribution is -0.124. The molecular formula is C19H26N2O4. The molecule has 2 aliphatic rings. The van der Waals surface area contributed by atoms with Crippen molar-refractivity contribution in [1.29, 1.82) is 0 Å². The first kappa shape index (κ1) is 17.6. The van der Waals surface area contributed by atoms with Gasteiger partial charge in [-0.3, -0.25) is 4.79 Å². The zero-order valence-electron chi connectivity index (χ0n) is 15.0. The van der Waals surface area contributed by atoms with Crippen LogP contribution in [-0.2, 0) is 9.53 Å². The standard InChI is InChI=1S/C19H26N2O4/c1-19(2,3)25-18(23)21-13-9-10-16(21)15(11-13)20-17(22)12-24-14-7-5-4-6-8-14/h4-8,13,15-16H,9-12H2,1-3H3,(H,20,22)/t13-,15-,16-/m0/s1. The number of para-hydroxylation sites is 1. The Morgan fingerprint density at radius 1 is 1.20 bits per heavy atom. The minimum absolute atomic E-state index is 0.0144. The Hall–Kier alpha value is -2.24. The van der Waals surface area contributed by atoms with Crippen LogP contribution in [0.5, 0.6) is 5.75 Å². The molecule has 2 saturated heterocycles. The highest BCUT2D eigenvalue weighted by atomic mass is 16.6. The molecule has 25 heavy (non-hydrogen) atoms. The van der Waals surface area contributed by atoms with Crippen LogP contribution in [0.1, 0.15) is 40.0 Å². The predicted octanol–water partition coefficient (Wildman–Crippen LogP) is 2.72. The van der Waals surface area contributed by atoms with Crippen molar-refractivity contribution in [1.82, 2.24) is 10.2 Å². The van der Waals surface area contributed by atoms with Crippen molar-refractivity contribution in [3.05, 3.63) is 30.3 Å². The van der Waals surface area contributed by atoms with E-state index in [0.717, 1.165) is 19.3 Å². The molecule has 3 rings (SSSR count). The summed E-state index contributed by atoms with van der Waals surface area (Å²) in [5, 5.41) is 3.01. The Bertz CT molecular complexity index is 626. The molecule has 2 fully saturated rings. The van der Waals surface area contributed by atoms with Crippen LogP contribution in [0.3, 0.4) is 0 Å². The van der Waals surface area contributed by atoms with E-state index in [9.17, 15) is 9.59 Å². The zero-order valence-corrected chi connectivity index (χ0v) is 15.0. The molecule has 6 heteroatoms. The molecule has 0 aromatic heterocycles. The first-order chi connectivity index (χ1) is 11.8. The molecule has 2 heterocycles. The zero-order chi connectivity index (χ0) is 18.0. The summed E-state index contributed by atoms with van der Waals surface area (Å²) in [5.41, 5.74) is -0.513. The molecule has 1 N–H and O–H groups in total. The second-order valence-corrected chi connectivity index (χ2v) is 7.70. The molecule has 0 radical (unpaired) electrons. The molecule has 3 atom stereocenters. The molecule has 0 aliphatic carbocycles. The van der Waals surface area contributed by atoms with Crippen molar-refractivity contribution in [3.63, 3.8) is 0 Å². The van der Waals surface area contributed by atoms with Gasteiger partial charge in [-0.15, -0.1) is 0 Å². The van der Waals surface area contributed by atoms with Crippen LogP contribution in [0.4, 0.5) is 4.79 Å². The van der Waals surface area contributed by atoms with Crippen LogP contribution >= 0.6 is 0 Å². The number of carbonyl (C=O) groups is 2. The third-order valence-electron chi connectivity index (χ3n) is 4.60. The minimum atomic E-state index is -0.513. The Kier molecular flexibility index (Phi) is 4.88. The van der Waals surface area contributed by atoms with Gasteiger partial charge in [0.2, 0.25) is 0 Å². The van der Waals surface area contributed by atoms with E-state index in [4.69, 9.17) is 9.47 Å². The Labute approximate surface area is 148 Å². The maximum atomic E-state index is 12.4. The van der Waals surface area contributed by atoms with Crippen LogP contribution in [0.15, 0.2) is 30.3 Å². The van der Waals surface area contributed by atoms with Crippen molar-refractivity contribution >= 4 is 12.0 Å². The summed E-state index contributed by atoms with van der Waals surface area (Å²) in [6.07, 6.45) is 2.36. The summed E-state index contributed by atoms with van der Waals surface area (Å²) in [6, 6.07) is 9.39. The van der Waals surface area contributed by atoms with Gasteiger partial charge < -0.3 is 19.7 Å². The SMILES string of the molecule is CC(C)(C)OC(=O)N1[C@H]2CC[C@H]1[C@@H](NC(=O)COc1ccccc1)C2. The molecule has 6 nitrogen and oxygen atoms in total. The number of hydrogen-bond donors (Lipinski definition) is 1.